The first kappa shape index (κ1) is 15.7. The van der Waals surface area contributed by atoms with Gasteiger partial charge in [-0.3, -0.25) is 0 Å². The van der Waals surface area contributed by atoms with Gasteiger partial charge >= 0.3 is 0 Å². The van der Waals surface area contributed by atoms with Crippen LogP contribution in [-0.4, -0.2) is 13.2 Å². The van der Waals surface area contributed by atoms with Gasteiger partial charge in [-0.15, -0.1) is 12.4 Å². The van der Waals surface area contributed by atoms with E-state index in [2.05, 4.69) is 12.1 Å². The number of fused-ring (bicyclic) bond motifs is 1. The molecule has 112 valence electrons. The molecule has 2 aromatic carbocycles. The zero-order valence-corrected chi connectivity index (χ0v) is 12.6. The Morgan fingerprint density at radius 2 is 1.67 bits per heavy atom. The number of benzene rings is 2. The van der Waals surface area contributed by atoms with Gasteiger partial charge in [-0.05, 0) is 29.7 Å². The predicted octanol–water partition coefficient (Wildman–Crippen LogP) is 3.51. The van der Waals surface area contributed by atoms with Crippen LogP contribution in [0.15, 0.2) is 48.5 Å². The normalized spacial score (nSPS) is 14.7. The van der Waals surface area contributed by atoms with Gasteiger partial charge in [-0.25, -0.2) is 0 Å². The van der Waals surface area contributed by atoms with E-state index < -0.39 is 0 Å². The van der Waals surface area contributed by atoms with E-state index in [4.69, 9.17) is 15.2 Å². The van der Waals surface area contributed by atoms with E-state index in [1.54, 1.807) is 0 Å². The molecular weight excluding hydrogens is 286 g/mol. The van der Waals surface area contributed by atoms with Gasteiger partial charge in [-0.2, -0.15) is 0 Å². The highest BCUT2D eigenvalue weighted by Gasteiger charge is 2.14. The van der Waals surface area contributed by atoms with Crippen LogP contribution in [-0.2, 0) is 6.42 Å². The van der Waals surface area contributed by atoms with Crippen molar-refractivity contribution in [1.29, 1.82) is 0 Å². The Bertz CT molecular complexity index is 574. The molecule has 0 aromatic heterocycles. The van der Waals surface area contributed by atoms with Crippen molar-refractivity contribution in [3.8, 4) is 11.5 Å². The van der Waals surface area contributed by atoms with Crippen LogP contribution in [0.4, 0.5) is 0 Å². The molecule has 2 aromatic rings. The molecule has 0 bridgehead atoms. The topological polar surface area (TPSA) is 44.5 Å². The Kier molecular flexibility index (Phi) is 5.48. The van der Waals surface area contributed by atoms with Crippen molar-refractivity contribution in [2.75, 3.05) is 13.2 Å². The molecule has 0 saturated heterocycles. The summed E-state index contributed by atoms with van der Waals surface area (Å²) in [5.41, 5.74) is 8.63. The van der Waals surface area contributed by atoms with Crippen LogP contribution in [0.3, 0.4) is 0 Å². The maximum Gasteiger partial charge on any atom is 0.161 e. The molecule has 21 heavy (non-hydrogen) atoms. The Morgan fingerprint density at radius 1 is 0.952 bits per heavy atom. The lowest BCUT2D eigenvalue weighted by molar-refractivity contribution is 0.297. The summed E-state index contributed by atoms with van der Waals surface area (Å²) in [6.45, 7) is 1.41. The maximum atomic E-state index is 6.30. The molecule has 0 saturated carbocycles. The molecule has 1 aliphatic rings. The zero-order valence-electron chi connectivity index (χ0n) is 11.8. The molecule has 3 rings (SSSR count). The minimum absolute atomic E-state index is 0. The van der Waals surface area contributed by atoms with E-state index in [0.29, 0.717) is 13.2 Å². The zero-order chi connectivity index (χ0) is 13.8. The number of halogens is 1. The van der Waals surface area contributed by atoms with Crippen LogP contribution in [0, 0.1) is 0 Å². The second-order valence-corrected chi connectivity index (χ2v) is 5.05. The first-order valence-corrected chi connectivity index (χ1v) is 7.02. The molecule has 0 aliphatic carbocycles. The second-order valence-electron chi connectivity index (χ2n) is 5.05. The highest BCUT2D eigenvalue weighted by Crippen LogP contribution is 2.32. The summed E-state index contributed by atoms with van der Waals surface area (Å²) in [6, 6.07) is 16.3. The van der Waals surface area contributed by atoms with Gasteiger partial charge in [-0.1, -0.05) is 36.4 Å². The van der Waals surface area contributed by atoms with Gasteiger partial charge in [0.2, 0.25) is 0 Å². The number of nitrogens with two attached hydrogens (primary N) is 1. The van der Waals surface area contributed by atoms with Crippen molar-refractivity contribution < 1.29 is 9.47 Å². The molecule has 0 spiro atoms. The van der Waals surface area contributed by atoms with Gasteiger partial charge in [0.1, 0.15) is 0 Å². The minimum Gasteiger partial charge on any atom is -0.490 e. The van der Waals surface area contributed by atoms with Gasteiger partial charge in [0, 0.05) is 12.5 Å². The molecular formula is C17H20ClNO2. The van der Waals surface area contributed by atoms with Crippen LogP contribution in [0.1, 0.15) is 23.6 Å². The third-order valence-corrected chi connectivity index (χ3v) is 3.50. The molecule has 1 unspecified atom stereocenters. The summed E-state index contributed by atoms with van der Waals surface area (Å²) in [7, 11) is 0. The SMILES string of the molecule is Cl.NC(Cc1ccccc1)c1ccc2c(c1)OCCCO2. The van der Waals surface area contributed by atoms with Crippen LogP contribution in [0.25, 0.3) is 0 Å². The lowest BCUT2D eigenvalue weighted by atomic mass is 9.99. The summed E-state index contributed by atoms with van der Waals surface area (Å²) in [5, 5.41) is 0. The first-order chi connectivity index (χ1) is 9.83. The number of ether oxygens (including phenoxy) is 2. The quantitative estimate of drug-likeness (QED) is 0.943. The lowest BCUT2D eigenvalue weighted by Crippen LogP contribution is -2.13. The number of hydrogen-bond acceptors (Lipinski definition) is 3. The van der Waals surface area contributed by atoms with Crippen LogP contribution >= 0.6 is 12.4 Å². The number of hydrogen-bond donors (Lipinski definition) is 1. The molecule has 2 N–H and O–H groups in total. The molecule has 1 heterocycles. The Balaban J connectivity index is 0.00000161. The minimum atomic E-state index is -0.0328. The summed E-state index contributed by atoms with van der Waals surface area (Å²) < 4.78 is 11.3. The summed E-state index contributed by atoms with van der Waals surface area (Å²) >= 11 is 0. The van der Waals surface area contributed by atoms with Crippen molar-refractivity contribution >= 4 is 12.4 Å². The van der Waals surface area contributed by atoms with E-state index in [0.717, 1.165) is 29.9 Å². The fourth-order valence-corrected chi connectivity index (χ4v) is 2.40. The van der Waals surface area contributed by atoms with E-state index in [-0.39, 0.29) is 18.4 Å². The van der Waals surface area contributed by atoms with Gasteiger partial charge in [0.15, 0.2) is 11.5 Å². The Labute approximate surface area is 131 Å². The molecule has 4 heteroatoms. The lowest BCUT2D eigenvalue weighted by Gasteiger charge is -2.15. The second kappa shape index (κ2) is 7.34. The highest BCUT2D eigenvalue weighted by atomic mass is 35.5. The maximum absolute atomic E-state index is 6.30. The van der Waals surface area contributed by atoms with Crippen LogP contribution in [0.5, 0.6) is 11.5 Å². The summed E-state index contributed by atoms with van der Waals surface area (Å²) in [4.78, 5) is 0. The van der Waals surface area contributed by atoms with Crippen molar-refractivity contribution in [2.45, 2.75) is 18.9 Å². The fourth-order valence-electron chi connectivity index (χ4n) is 2.40. The van der Waals surface area contributed by atoms with E-state index in [1.807, 2.05) is 36.4 Å². The fraction of sp³-hybridized carbons (Fsp3) is 0.294. The van der Waals surface area contributed by atoms with Gasteiger partial charge in [0.25, 0.3) is 0 Å². The Morgan fingerprint density at radius 3 is 2.43 bits per heavy atom. The third-order valence-electron chi connectivity index (χ3n) is 3.50. The predicted molar refractivity (Wildman–Crippen MR) is 86.4 cm³/mol. The molecule has 0 radical (unpaired) electrons. The van der Waals surface area contributed by atoms with Gasteiger partial charge in [0.05, 0.1) is 13.2 Å². The molecule has 1 atom stereocenters. The largest absolute Gasteiger partial charge is 0.490 e. The third kappa shape index (κ3) is 3.90. The standard InChI is InChI=1S/C17H19NO2.ClH/c18-15(11-13-5-2-1-3-6-13)14-7-8-16-17(12-14)20-10-4-9-19-16;/h1-3,5-8,12,15H,4,9-11,18H2;1H. The molecule has 0 fully saturated rings. The van der Waals surface area contributed by atoms with E-state index >= 15 is 0 Å². The van der Waals surface area contributed by atoms with Crippen molar-refractivity contribution in [3.63, 3.8) is 0 Å². The molecule has 3 nitrogen and oxygen atoms in total. The monoisotopic (exact) mass is 305 g/mol. The smallest absolute Gasteiger partial charge is 0.161 e. The highest BCUT2D eigenvalue weighted by molar-refractivity contribution is 5.85. The molecule has 0 amide bonds. The molecule has 1 aliphatic heterocycles. The van der Waals surface area contributed by atoms with Crippen molar-refractivity contribution in [2.24, 2.45) is 5.73 Å². The van der Waals surface area contributed by atoms with Crippen LogP contribution < -0.4 is 15.2 Å². The number of rotatable bonds is 3. The van der Waals surface area contributed by atoms with E-state index in [1.165, 1.54) is 5.56 Å². The Hall–Kier alpha value is -1.71. The summed E-state index contributed by atoms with van der Waals surface area (Å²) in [6.07, 6.45) is 1.74. The average Bonchev–Trinajstić information content (AvgIpc) is 2.72. The average molecular weight is 306 g/mol. The van der Waals surface area contributed by atoms with Crippen molar-refractivity contribution in [3.05, 3.63) is 59.7 Å². The first-order valence-electron chi connectivity index (χ1n) is 7.02. The van der Waals surface area contributed by atoms with Gasteiger partial charge < -0.3 is 15.2 Å². The van der Waals surface area contributed by atoms with Crippen LogP contribution in [0.2, 0.25) is 0 Å². The van der Waals surface area contributed by atoms with E-state index in [9.17, 15) is 0 Å². The van der Waals surface area contributed by atoms with Crippen molar-refractivity contribution in [1.82, 2.24) is 0 Å². The summed E-state index contributed by atoms with van der Waals surface area (Å²) in [5.74, 6) is 1.63.